The fourth-order valence-electron chi connectivity index (χ4n) is 4.84. The molecule has 2 atom stereocenters. The van der Waals surface area contributed by atoms with Crippen LogP contribution in [0.3, 0.4) is 0 Å². The fourth-order valence-corrected chi connectivity index (χ4v) is 4.84. The molecule has 2 aromatic carbocycles. The zero-order valence-corrected chi connectivity index (χ0v) is 24.0. The van der Waals surface area contributed by atoms with Gasteiger partial charge in [-0.2, -0.15) is 0 Å². The zero-order valence-electron chi connectivity index (χ0n) is 24.0. The summed E-state index contributed by atoms with van der Waals surface area (Å²) in [5.41, 5.74) is 0.213. The molecule has 0 aromatic heterocycles. The van der Waals surface area contributed by atoms with Crippen LogP contribution in [-0.4, -0.2) is 61.3 Å². The van der Waals surface area contributed by atoms with Gasteiger partial charge in [0.1, 0.15) is 18.6 Å². The number of hydrogen-bond donors (Lipinski definition) is 3. The van der Waals surface area contributed by atoms with Crippen molar-refractivity contribution in [2.75, 3.05) is 19.8 Å². The number of rotatable bonds is 15. The Bertz CT molecular complexity index is 1270. The third-order valence-electron chi connectivity index (χ3n) is 7.06. The Kier molecular flexibility index (Phi) is 13.2. The lowest BCUT2D eigenvalue weighted by Crippen LogP contribution is -2.56. The lowest BCUT2D eigenvalue weighted by atomic mass is 9.84. The van der Waals surface area contributed by atoms with E-state index in [0.717, 1.165) is 49.8 Å². The van der Waals surface area contributed by atoms with E-state index in [2.05, 4.69) is 16.0 Å². The summed E-state index contributed by atoms with van der Waals surface area (Å²) in [5, 5.41) is 7.15. The van der Waals surface area contributed by atoms with Crippen LogP contribution in [0.25, 0.3) is 0 Å². The molecule has 0 spiro atoms. The molecule has 0 bridgehead atoms. The molecule has 12 heteroatoms. The standard InChI is InChI=1S/C31H37F2N3O7/c1-2-43-26(37)17-34-31(41)28(38)25(19-42-18-21-12-7-4-8-13-21)36-30(40)24(16-20-10-5-3-6-11-20)35-29(39)22-14-9-15-23(32)27(22)33/h4,7-9,12-15,20,24-25H,2-3,5-6,10-11,16-19H2,1H3,(H,34,41)(H,35,39)(H,36,40). The Morgan fingerprint density at radius 3 is 2.33 bits per heavy atom. The Morgan fingerprint density at radius 2 is 1.63 bits per heavy atom. The van der Waals surface area contributed by atoms with Crippen molar-refractivity contribution in [2.24, 2.45) is 5.92 Å². The third-order valence-corrected chi connectivity index (χ3v) is 7.06. The summed E-state index contributed by atoms with van der Waals surface area (Å²) in [6.45, 7) is 0.804. The van der Waals surface area contributed by atoms with Crippen molar-refractivity contribution >= 4 is 29.5 Å². The van der Waals surface area contributed by atoms with Crippen LogP contribution in [-0.2, 0) is 35.3 Å². The number of esters is 1. The molecule has 3 amide bonds. The first-order valence-corrected chi connectivity index (χ1v) is 14.3. The number of halogens is 2. The summed E-state index contributed by atoms with van der Waals surface area (Å²) in [7, 11) is 0. The molecule has 1 saturated carbocycles. The highest BCUT2D eigenvalue weighted by atomic mass is 19.2. The summed E-state index contributed by atoms with van der Waals surface area (Å²) in [6.07, 6.45) is 4.75. The highest BCUT2D eigenvalue weighted by molar-refractivity contribution is 6.38. The number of nitrogens with one attached hydrogen (secondary N) is 3. The van der Waals surface area contributed by atoms with Gasteiger partial charge in [0.2, 0.25) is 11.7 Å². The molecule has 0 radical (unpaired) electrons. The second kappa shape index (κ2) is 17.1. The van der Waals surface area contributed by atoms with Crippen molar-refractivity contribution in [3.8, 4) is 0 Å². The second-order valence-electron chi connectivity index (χ2n) is 10.3. The SMILES string of the molecule is CCOC(=O)CNC(=O)C(=O)C(COCc1ccccc1)NC(=O)C(CC1CCCCC1)NC(=O)c1cccc(F)c1F. The van der Waals surface area contributed by atoms with E-state index in [4.69, 9.17) is 9.47 Å². The molecule has 2 unspecified atom stereocenters. The van der Waals surface area contributed by atoms with Gasteiger partial charge in [-0.1, -0.05) is 68.5 Å². The fraction of sp³-hybridized carbons (Fsp3) is 0.452. The van der Waals surface area contributed by atoms with Gasteiger partial charge in [-0.25, -0.2) is 8.78 Å². The molecule has 3 rings (SSSR count). The van der Waals surface area contributed by atoms with Crippen molar-refractivity contribution in [1.29, 1.82) is 0 Å². The minimum Gasteiger partial charge on any atom is -0.465 e. The molecule has 2 aromatic rings. The van der Waals surface area contributed by atoms with Gasteiger partial charge in [0.05, 0.1) is 25.4 Å². The summed E-state index contributed by atoms with van der Waals surface area (Å²) in [5.74, 6) is -7.25. The Balaban J connectivity index is 1.77. The zero-order chi connectivity index (χ0) is 31.2. The smallest absolute Gasteiger partial charge is 0.325 e. The molecule has 0 saturated heterocycles. The Hall–Kier alpha value is -4.19. The number of Topliss-reactive ketones (excluding diaryl/α,β-unsaturated/α-hetero) is 1. The Morgan fingerprint density at radius 1 is 0.907 bits per heavy atom. The third kappa shape index (κ3) is 10.5. The molecule has 3 N–H and O–H groups in total. The highest BCUT2D eigenvalue weighted by Crippen LogP contribution is 2.27. The summed E-state index contributed by atoms with van der Waals surface area (Å²) in [4.78, 5) is 63.8. The van der Waals surface area contributed by atoms with Crippen LogP contribution in [0, 0.1) is 17.6 Å². The number of carbonyl (C=O) groups is 5. The number of carbonyl (C=O) groups excluding carboxylic acids is 5. The van der Waals surface area contributed by atoms with Gasteiger partial charge in [0.15, 0.2) is 11.6 Å². The van der Waals surface area contributed by atoms with Gasteiger partial charge in [-0.05, 0) is 37.0 Å². The maximum absolute atomic E-state index is 14.3. The van der Waals surface area contributed by atoms with E-state index in [1.54, 1.807) is 31.2 Å². The van der Waals surface area contributed by atoms with E-state index in [9.17, 15) is 32.8 Å². The van der Waals surface area contributed by atoms with Crippen LogP contribution in [0.4, 0.5) is 8.78 Å². The lowest BCUT2D eigenvalue weighted by Gasteiger charge is -2.28. The highest BCUT2D eigenvalue weighted by Gasteiger charge is 2.33. The first-order valence-electron chi connectivity index (χ1n) is 14.3. The molecular weight excluding hydrogens is 564 g/mol. The maximum Gasteiger partial charge on any atom is 0.325 e. The molecule has 10 nitrogen and oxygen atoms in total. The first-order chi connectivity index (χ1) is 20.7. The molecular formula is C31H37F2N3O7. The largest absolute Gasteiger partial charge is 0.465 e. The predicted molar refractivity (Wildman–Crippen MR) is 151 cm³/mol. The second-order valence-corrected chi connectivity index (χ2v) is 10.3. The van der Waals surface area contributed by atoms with Crippen molar-refractivity contribution in [3.63, 3.8) is 0 Å². The van der Waals surface area contributed by atoms with E-state index < -0.39 is 71.9 Å². The van der Waals surface area contributed by atoms with Gasteiger partial charge in [0, 0.05) is 0 Å². The van der Waals surface area contributed by atoms with E-state index >= 15 is 0 Å². The van der Waals surface area contributed by atoms with Gasteiger partial charge in [-0.15, -0.1) is 0 Å². The quantitative estimate of drug-likeness (QED) is 0.211. The number of amides is 3. The van der Waals surface area contributed by atoms with Crippen LogP contribution < -0.4 is 16.0 Å². The van der Waals surface area contributed by atoms with Gasteiger partial charge < -0.3 is 25.4 Å². The molecule has 232 valence electrons. The Labute approximate surface area is 248 Å². The van der Waals surface area contributed by atoms with Crippen molar-refractivity contribution in [1.82, 2.24) is 16.0 Å². The molecule has 1 aliphatic carbocycles. The van der Waals surface area contributed by atoms with Crippen molar-refractivity contribution in [3.05, 3.63) is 71.3 Å². The topological polar surface area (TPSA) is 140 Å². The van der Waals surface area contributed by atoms with Crippen LogP contribution >= 0.6 is 0 Å². The van der Waals surface area contributed by atoms with Crippen LogP contribution in [0.5, 0.6) is 0 Å². The average molecular weight is 602 g/mol. The lowest BCUT2D eigenvalue weighted by molar-refractivity contribution is -0.146. The number of ketones is 1. The maximum atomic E-state index is 14.3. The number of hydrogen-bond acceptors (Lipinski definition) is 7. The molecule has 0 aliphatic heterocycles. The monoisotopic (exact) mass is 601 g/mol. The summed E-state index contributed by atoms with van der Waals surface area (Å²) < 4.78 is 38.5. The molecule has 0 heterocycles. The normalized spacial score (nSPS) is 14.7. The van der Waals surface area contributed by atoms with Crippen molar-refractivity contribution in [2.45, 2.75) is 64.1 Å². The van der Waals surface area contributed by atoms with Crippen molar-refractivity contribution < 1.29 is 42.2 Å². The summed E-state index contributed by atoms with van der Waals surface area (Å²) in [6, 6.07) is 9.46. The molecule has 1 aliphatic rings. The number of ether oxygens (including phenoxy) is 2. The summed E-state index contributed by atoms with van der Waals surface area (Å²) >= 11 is 0. The van der Waals surface area contributed by atoms with E-state index in [0.29, 0.717) is 0 Å². The first kappa shape index (κ1) is 33.3. The molecule has 1 fully saturated rings. The minimum absolute atomic E-state index is 0.0681. The van der Waals surface area contributed by atoms with Gasteiger partial charge in [0.25, 0.3) is 11.8 Å². The average Bonchev–Trinajstić information content (AvgIpc) is 3.01. The van der Waals surface area contributed by atoms with E-state index in [1.165, 1.54) is 6.07 Å². The minimum atomic E-state index is -1.48. The van der Waals surface area contributed by atoms with Crippen LogP contribution in [0.15, 0.2) is 48.5 Å². The van der Waals surface area contributed by atoms with E-state index in [1.807, 2.05) is 6.07 Å². The van der Waals surface area contributed by atoms with Crippen LogP contribution in [0.2, 0.25) is 0 Å². The predicted octanol–water partition coefficient (Wildman–Crippen LogP) is 2.98. The van der Waals surface area contributed by atoms with Crippen LogP contribution in [0.1, 0.15) is 61.4 Å². The number of benzene rings is 2. The molecule has 43 heavy (non-hydrogen) atoms. The van der Waals surface area contributed by atoms with Gasteiger partial charge in [-0.3, -0.25) is 24.0 Å². The van der Waals surface area contributed by atoms with Gasteiger partial charge >= 0.3 is 5.97 Å². The van der Waals surface area contributed by atoms with E-state index in [-0.39, 0.29) is 25.6 Å².